The topological polar surface area (TPSA) is 57.0 Å². The van der Waals surface area contributed by atoms with Crippen molar-refractivity contribution in [1.82, 2.24) is 14.8 Å². The molecule has 0 spiro atoms. The highest BCUT2D eigenvalue weighted by Gasteiger charge is 2.36. The van der Waals surface area contributed by atoms with E-state index in [1.54, 1.807) is 11.6 Å². The molecule has 0 amide bonds. The summed E-state index contributed by atoms with van der Waals surface area (Å²) in [5.74, 6) is -0.0111. The maximum absolute atomic E-state index is 11.8. The van der Waals surface area contributed by atoms with Crippen LogP contribution in [0.1, 0.15) is 47.6 Å². The predicted octanol–water partition coefficient (Wildman–Crippen LogP) is 2.46. The van der Waals surface area contributed by atoms with Crippen molar-refractivity contribution in [3.05, 3.63) is 35.4 Å². The standard InChI is InChI=1S/C16H17N3O2/c1-9(20)14-6-12(10-7-17-19(2)8-10)13-5-11-3-4-15(21-11)16(13)18-14/h6-8,11,15H,3-5H2,1-2H3/t11-,15+/m0/s1. The van der Waals surface area contributed by atoms with Gasteiger partial charge in [0, 0.05) is 32.2 Å². The Balaban J connectivity index is 1.95. The number of carbonyl (C=O) groups is 1. The number of fused-ring (bicyclic) bond motifs is 4. The Hall–Kier alpha value is -2.01. The lowest BCUT2D eigenvalue weighted by molar-refractivity contribution is 0.0295. The van der Waals surface area contributed by atoms with Gasteiger partial charge in [-0.1, -0.05) is 0 Å². The molecule has 2 aliphatic heterocycles. The number of hydrogen-bond acceptors (Lipinski definition) is 4. The van der Waals surface area contributed by atoms with Gasteiger partial charge in [-0.3, -0.25) is 9.48 Å². The van der Waals surface area contributed by atoms with Crippen LogP contribution >= 0.6 is 0 Å². The van der Waals surface area contributed by atoms with E-state index in [1.807, 2.05) is 25.5 Å². The third-order valence-corrected chi connectivity index (χ3v) is 4.38. The molecular weight excluding hydrogens is 266 g/mol. The minimum absolute atomic E-state index is 0.0111. The number of hydrogen-bond donors (Lipinski definition) is 0. The first kappa shape index (κ1) is 12.7. The first-order valence-corrected chi connectivity index (χ1v) is 7.31. The van der Waals surface area contributed by atoms with Crippen LogP contribution in [0.4, 0.5) is 0 Å². The average Bonchev–Trinajstić information content (AvgIpc) is 3.05. The van der Waals surface area contributed by atoms with Crippen molar-refractivity contribution < 1.29 is 9.53 Å². The van der Waals surface area contributed by atoms with Crippen molar-refractivity contribution in [1.29, 1.82) is 0 Å². The van der Waals surface area contributed by atoms with Crippen LogP contribution in [0.2, 0.25) is 0 Å². The molecular formula is C16H17N3O2. The first-order chi connectivity index (χ1) is 10.1. The summed E-state index contributed by atoms with van der Waals surface area (Å²) in [5, 5.41) is 4.25. The molecule has 0 unspecified atom stereocenters. The molecule has 2 aliphatic rings. The molecule has 0 aromatic carbocycles. The van der Waals surface area contributed by atoms with Crippen LogP contribution in [0, 0.1) is 0 Å². The Morgan fingerprint density at radius 1 is 1.43 bits per heavy atom. The molecule has 2 aromatic rings. The molecule has 0 radical (unpaired) electrons. The zero-order valence-corrected chi connectivity index (χ0v) is 12.2. The number of aromatic nitrogens is 3. The number of carbonyl (C=O) groups excluding carboxylic acids is 1. The van der Waals surface area contributed by atoms with Crippen molar-refractivity contribution in [3.8, 4) is 11.1 Å². The quantitative estimate of drug-likeness (QED) is 0.794. The maximum Gasteiger partial charge on any atom is 0.178 e. The van der Waals surface area contributed by atoms with E-state index in [9.17, 15) is 4.79 Å². The van der Waals surface area contributed by atoms with Gasteiger partial charge in [0.1, 0.15) is 11.8 Å². The number of pyridine rings is 1. The van der Waals surface area contributed by atoms with Crippen molar-refractivity contribution >= 4 is 5.78 Å². The zero-order chi connectivity index (χ0) is 14.6. The summed E-state index contributed by atoms with van der Waals surface area (Å²) < 4.78 is 7.74. The van der Waals surface area contributed by atoms with Crippen molar-refractivity contribution in [2.45, 2.75) is 38.4 Å². The van der Waals surface area contributed by atoms with Gasteiger partial charge >= 0.3 is 0 Å². The van der Waals surface area contributed by atoms with Crippen molar-refractivity contribution in [2.24, 2.45) is 7.05 Å². The number of rotatable bonds is 2. The lowest BCUT2D eigenvalue weighted by atomic mass is 9.93. The van der Waals surface area contributed by atoms with Crippen LogP contribution in [-0.4, -0.2) is 26.7 Å². The van der Waals surface area contributed by atoms with E-state index in [4.69, 9.17) is 4.74 Å². The highest BCUT2D eigenvalue weighted by molar-refractivity contribution is 5.93. The second-order valence-corrected chi connectivity index (χ2v) is 5.91. The molecule has 1 saturated heterocycles. The fourth-order valence-corrected chi connectivity index (χ4v) is 3.36. The minimum atomic E-state index is -0.0111. The lowest BCUT2D eigenvalue weighted by Gasteiger charge is -2.25. The highest BCUT2D eigenvalue weighted by Crippen LogP contribution is 2.43. The molecule has 108 valence electrons. The molecule has 2 atom stereocenters. The Morgan fingerprint density at radius 2 is 2.29 bits per heavy atom. The molecule has 0 N–H and O–H groups in total. The molecule has 5 heteroatoms. The minimum Gasteiger partial charge on any atom is -0.368 e. The van der Waals surface area contributed by atoms with Gasteiger partial charge < -0.3 is 4.74 Å². The summed E-state index contributed by atoms with van der Waals surface area (Å²) in [6.45, 7) is 1.56. The molecule has 0 aliphatic carbocycles. The van der Waals surface area contributed by atoms with Crippen LogP contribution in [0.25, 0.3) is 11.1 Å². The predicted molar refractivity (Wildman–Crippen MR) is 77.0 cm³/mol. The van der Waals surface area contributed by atoms with Crippen LogP contribution in [0.5, 0.6) is 0 Å². The molecule has 2 bridgehead atoms. The van der Waals surface area contributed by atoms with E-state index in [0.717, 1.165) is 36.1 Å². The maximum atomic E-state index is 11.8. The van der Waals surface area contributed by atoms with Gasteiger partial charge in [-0.05, 0) is 30.0 Å². The van der Waals surface area contributed by atoms with E-state index in [0.29, 0.717) is 11.8 Å². The fraction of sp³-hybridized carbons (Fsp3) is 0.438. The molecule has 1 fully saturated rings. The van der Waals surface area contributed by atoms with E-state index in [-0.39, 0.29) is 11.9 Å². The third-order valence-electron chi connectivity index (χ3n) is 4.38. The number of Topliss-reactive ketones (excluding diaryl/α,β-unsaturated/α-hetero) is 1. The van der Waals surface area contributed by atoms with Gasteiger partial charge in [0.15, 0.2) is 5.78 Å². The third kappa shape index (κ3) is 2.00. The van der Waals surface area contributed by atoms with Crippen LogP contribution in [0.3, 0.4) is 0 Å². The van der Waals surface area contributed by atoms with E-state index < -0.39 is 0 Å². The molecule has 21 heavy (non-hydrogen) atoms. The summed E-state index contributed by atoms with van der Waals surface area (Å²) in [6.07, 6.45) is 7.12. The summed E-state index contributed by atoms with van der Waals surface area (Å²) in [7, 11) is 1.90. The number of ether oxygens (including phenoxy) is 1. The van der Waals surface area contributed by atoms with E-state index >= 15 is 0 Å². The van der Waals surface area contributed by atoms with Crippen LogP contribution in [0.15, 0.2) is 18.5 Å². The van der Waals surface area contributed by atoms with Crippen LogP contribution < -0.4 is 0 Å². The second kappa shape index (κ2) is 4.49. The normalized spacial score (nSPS) is 23.1. The average molecular weight is 283 g/mol. The monoisotopic (exact) mass is 283 g/mol. The molecule has 4 heterocycles. The summed E-state index contributed by atoms with van der Waals surface area (Å²) in [6, 6.07) is 1.91. The lowest BCUT2D eigenvalue weighted by Crippen LogP contribution is -2.21. The Kier molecular flexibility index (Phi) is 2.72. The number of aryl methyl sites for hydroxylation is 1. The molecule has 0 saturated carbocycles. The van der Waals surface area contributed by atoms with Crippen molar-refractivity contribution in [2.75, 3.05) is 0 Å². The van der Waals surface area contributed by atoms with Gasteiger partial charge in [0.2, 0.25) is 0 Å². The Labute approximate surface area is 122 Å². The van der Waals surface area contributed by atoms with Gasteiger partial charge in [-0.2, -0.15) is 5.10 Å². The molecule has 2 aromatic heterocycles. The summed E-state index contributed by atoms with van der Waals surface area (Å²) >= 11 is 0. The fourth-order valence-electron chi connectivity index (χ4n) is 3.36. The van der Waals surface area contributed by atoms with Crippen LogP contribution in [-0.2, 0) is 18.2 Å². The first-order valence-electron chi connectivity index (χ1n) is 7.31. The second-order valence-electron chi connectivity index (χ2n) is 5.91. The summed E-state index contributed by atoms with van der Waals surface area (Å²) in [4.78, 5) is 16.4. The largest absolute Gasteiger partial charge is 0.368 e. The molecule has 5 nitrogen and oxygen atoms in total. The zero-order valence-electron chi connectivity index (χ0n) is 12.2. The van der Waals surface area contributed by atoms with Gasteiger partial charge in [0.05, 0.1) is 18.0 Å². The van der Waals surface area contributed by atoms with Gasteiger partial charge in [0.25, 0.3) is 0 Å². The van der Waals surface area contributed by atoms with E-state index in [1.165, 1.54) is 5.56 Å². The Bertz CT molecular complexity index is 735. The molecule has 4 rings (SSSR count). The van der Waals surface area contributed by atoms with Crippen molar-refractivity contribution in [3.63, 3.8) is 0 Å². The smallest absolute Gasteiger partial charge is 0.178 e. The van der Waals surface area contributed by atoms with Gasteiger partial charge in [-0.25, -0.2) is 4.98 Å². The van der Waals surface area contributed by atoms with Gasteiger partial charge in [-0.15, -0.1) is 0 Å². The number of nitrogens with zero attached hydrogens (tertiary/aromatic N) is 3. The summed E-state index contributed by atoms with van der Waals surface area (Å²) in [5.41, 5.74) is 4.82. The Morgan fingerprint density at radius 3 is 3.00 bits per heavy atom. The number of ketones is 1. The van der Waals surface area contributed by atoms with E-state index in [2.05, 4.69) is 10.1 Å². The SMILES string of the molecule is CC(=O)c1cc(-c2cnn(C)c2)c2c(n1)[C@H]1CC[C@@H](C2)O1. The highest BCUT2D eigenvalue weighted by atomic mass is 16.5.